The van der Waals surface area contributed by atoms with Crippen molar-refractivity contribution in [2.75, 3.05) is 22.6 Å². The monoisotopic (exact) mass is 539 g/mol. The standard InChI is InChI=1S/C30H25N3O5S/c1-18-9-10-21(16-19(18)2)31-26-27(30(36)33(29(26)35)22-11-13-23(37-3)14-12-22)39-24-7-4-6-20(17-24)32-28(34)25-8-5-15-38-25/h4-17,31H,1-3H3,(H,32,34). The van der Waals surface area contributed by atoms with Gasteiger partial charge in [-0.15, -0.1) is 0 Å². The summed E-state index contributed by atoms with van der Waals surface area (Å²) in [7, 11) is 1.55. The molecular weight excluding hydrogens is 514 g/mol. The third-order valence-electron chi connectivity index (χ3n) is 6.21. The number of anilines is 3. The molecule has 39 heavy (non-hydrogen) atoms. The molecule has 4 aromatic rings. The molecule has 1 aromatic heterocycles. The number of thioether (sulfide) groups is 1. The van der Waals surface area contributed by atoms with Crippen LogP contribution >= 0.6 is 11.8 Å². The Morgan fingerprint density at radius 2 is 1.67 bits per heavy atom. The lowest BCUT2D eigenvalue weighted by atomic mass is 10.1. The van der Waals surface area contributed by atoms with E-state index >= 15 is 0 Å². The number of nitrogens with one attached hydrogen (secondary N) is 2. The molecule has 0 saturated carbocycles. The van der Waals surface area contributed by atoms with Crippen molar-refractivity contribution in [2.24, 2.45) is 0 Å². The Balaban J connectivity index is 1.47. The number of furan rings is 1. The van der Waals surface area contributed by atoms with Crippen LogP contribution in [0.3, 0.4) is 0 Å². The second-order valence-electron chi connectivity index (χ2n) is 8.83. The fraction of sp³-hybridized carbons (Fsp3) is 0.100. The highest BCUT2D eigenvalue weighted by molar-refractivity contribution is 8.04. The lowest BCUT2D eigenvalue weighted by molar-refractivity contribution is -0.120. The van der Waals surface area contributed by atoms with E-state index in [0.29, 0.717) is 27.7 Å². The Hall–Kier alpha value is -4.76. The van der Waals surface area contributed by atoms with Gasteiger partial charge in [0.15, 0.2) is 5.76 Å². The number of nitrogens with zero attached hydrogens (tertiary/aromatic N) is 1. The first-order valence-corrected chi connectivity index (χ1v) is 12.9. The molecule has 0 bridgehead atoms. The molecular formula is C30H25N3O5S. The van der Waals surface area contributed by atoms with Crippen molar-refractivity contribution in [1.29, 1.82) is 0 Å². The molecule has 0 fully saturated rings. The summed E-state index contributed by atoms with van der Waals surface area (Å²) in [5.41, 5.74) is 4.00. The number of hydrogen-bond acceptors (Lipinski definition) is 7. The van der Waals surface area contributed by atoms with Crippen LogP contribution in [0.25, 0.3) is 0 Å². The average Bonchev–Trinajstić information content (AvgIpc) is 3.55. The number of aryl methyl sites for hydroxylation is 2. The number of methoxy groups -OCH3 is 1. The second kappa shape index (κ2) is 10.9. The molecule has 1 aliphatic heterocycles. The van der Waals surface area contributed by atoms with Crippen molar-refractivity contribution in [3.8, 4) is 5.75 Å². The summed E-state index contributed by atoms with van der Waals surface area (Å²) in [5.74, 6) is -0.513. The summed E-state index contributed by atoms with van der Waals surface area (Å²) in [6.07, 6.45) is 1.43. The molecule has 2 heterocycles. The largest absolute Gasteiger partial charge is 0.497 e. The van der Waals surface area contributed by atoms with Crippen molar-refractivity contribution in [3.05, 3.63) is 113 Å². The number of rotatable bonds is 8. The van der Waals surface area contributed by atoms with E-state index in [-0.39, 0.29) is 16.4 Å². The highest BCUT2D eigenvalue weighted by Crippen LogP contribution is 2.39. The smallest absolute Gasteiger partial charge is 0.291 e. The number of amides is 3. The van der Waals surface area contributed by atoms with Gasteiger partial charge >= 0.3 is 0 Å². The number of carbonyl (C=O) groups excluding carboxylic acids is 3. The molecule has 0 saturated heterocycles. The normalized spacial score (nSPS) is 13.2. The lowest BCUT2D eigenvalue weighted by Crippen LogP contribution is -2.32. The zero-order chi connectivity index (χ0) is 27.5. The van der Waals surface area contributed by atoms with Gasteiger partial charge in [-0.25, -0.2) is 4.90 Å². The Labute approximate surface area is 229 Å². The second-order valence-corrected chi connectivity index (χ2v) is 9.92. The Morgan fingerprint density at radius 3 is 2.36 bits per heavy atom. The van der Waals surface area contributed by atoms with Gasteiger partial charge in [-0.2, -0.15) is 0 Å². The van der Waals surface area contributed by atoms with Gasteiger partial charge in [0.1, 0.15) is 16.4 Å². The Morgan fingerprint density at radius 1 is 0.872 bits per heavy atom. The maximum atomic E-state index is 13.7. The summed E-state index contributed by atoms with van der Waals surface area (Å²) in [4.78, 5) is 41.8. The van der Waals surface area contributed by atoms with Crippen LogP contribution in [0.2, 0.25) is 0 Å². The molecule has 0 unspecified atom stereocenters. The molecule has 0 radical (unpaired) electrons. The topological polar surface area (TPSA) is 101 Å². The molecule has 1 aliphatic rings. The predicted octanol–water partition coefficient (Wildman–Crippen LogP) is 6.15. The van der Waals surface area contributed by atoms with Gasteiger partial charge in [-0.05, 0) is 91.7 Å². The van der Waals surface area contributed by atoms with E-state index in [1.54, 1.807) is 61.7 Å². The van der Waals surface area contributed by atoms with Crippen LogP contribution in [-0.4, -0.2) is 24.8 Å². The van der Waals surface area contributed by atoms with Crippen LogP contribution < -0.4 is 20.3 Å². The number of carbonyl (C=O) groups is 3. The average molecular weight is 540 g/mol. The molecule has 5 rings (SSSR count). The SMILES string of the molecule is COc1ccc(N2C(=O)C(Nc3ccc(C)c(C)c3)=C(Sc3cccc(NC(=O)c4ccco4)c3)C2=O)cc1. The number of ether oxygens (including phenoxy) is 1. The zero-order valence-electron chi connectivity index (χ0n) is 21.5. The maximum Gasteiger partial charge on any atom is 0.291 e. The molecule has 0 spiro atoms. The molecule has 3 aromatic carbocycles. The summed E-state index contributed by atoms with van der Waals surface area (Å²) < 4.78 is 10.4. The number of hydrogen-bond donors (Lipinski definition) is 2. The molecule has 9 heteroatoms. The fourth-order valence-corrected chi connectivity index (χ4v) is 4.99. The van der Waals surface area contributed by atoms with Gasteiger partial charge < -0.3 is 19.8 Å². The maximum absolute atomic E-state index is 13.7. The minimum absolute atomic E-state index is 0.175. The number of imide groups is 1. The van der Waals surface area contributed by atoms with E-state index in [0.717, 1.165) is 27.8 Å². The highest BCUT2D eigenvalue weighted by Gasteiger charge is 2.40. The van der Waals surface area contributed by atoms with Crippen LogP contribution in [0.5, 0.6) is 5.75 Å². The first kappa shape index (κ1) is 25.9. The van der Waals surface area contributed by atoms with E-state index in [4.69, 9.17) is 9.15 Å². The van der Waals surface area contributed by atoms with Gasteiger partial charge in [0.25, 0.3) is 17.7 Å². The first-order valence-electron chi connectivity index (χ1n) is 12.1. The van der Waals surface area contributed by atoms with E-state index in [1.807, 2.05) is 38.1 Å². The summed E-state index contributed by atoms with van der Waals surface area (Å²) in [6, 6.07) is 22.7. The van der Waals surface area contributed by atoms with Crippen LogP contribution in [0, 0.1) is 13.8 Å². The fourth-order valence-electron chi connectivity index (χ4n) is 4.00. The first-order chi connectivity index (χ1) is 18.8. The molecule has 8 nitrogen and oxygen atoms in total. The number of benzene rings is 3. The molecule has 0 atom stereocenters. The third kappa shape index (κ3) is 5.44. The highest BCUT2D eigenvalue weighted by atomic mass is 32.2. The van der Waals surface area contributed by atoms with Crippen LogP contribution in [-0.2, 0) is 9.59 Å². The van der Waals surface area contributed by atoms with Crippen molar-refractivity contribution in [1.82, 2.24) is 0 Å². The van der Waals surface area contributed by atoms with Crippen molar-refractivity contribution in [3.63, 3.8) is 0 Å². The van der Waals surface area contributed by atoms with E-state index in [9.17, 15) is 14.4 Å². The van der Waals surface area contributed by atoms with Gasteiger partial charge in [0.2, 0.25) is 0 Å². The van der Waals surface area contributed by atoms with Gasteiger partial charge in [-0.1, -0.05) is 23.9 Å². The van der Waals surface area contributed by atoms with Gasteiger partial charge in [0, 0.05) is 16.3 Å². The Bertz CT molecular complexity index is 1590. The molecule has 196 valence electrons. The minimum Gasteiger partial charge on any atom is -0.497 e. The van der Waals surface area contributed by atoms with Crippen LogP contribution in [0.1, 0.15) is 21.7 Å². The molecule has 2 N–H and O–H groups in total. The van der Waals surface area contributed by atoms with Gasteiger partial charge in [0.05, 0.1) is 19.1 Å². The summed E-state index contributed by atoms with van der Waals surface area (Å²) in [5, 5.41) is 5.97. The summed E-state index contributed by atoms with van der Waals surface area (Å²) in [6.45, 7) is 3.99. The van der Waals surface area contributed by atoms with E-state index in [1.165, 1.54) is 6.26 Å². The van der Waals surface area contributed by atoms with Crippen molar-refractivity contribution in [2.45, 2.75) is 18.7 Å². The third-order valence-corrected chi connectivity index (χ3v) is 7.28. The van der Waals surface area contributed by atoms with E-state index in [2.05, 4.69) is 10.6 Å². The summed E-state index contributed by atoms with van der Waals surface area (Å²) >= 11 is 1.15. The predicted molar refractivity (Wildman–Crippen MR) is 151 cm³/mol. The minimum atomic E-state index is -0.465. The van der Waals surface area contributed by atoms with Crippen molar-refractivity contribution < 1.29 is 23.5 Å². The quantitative estimate of drug-likeness (QED) is 0.259. The molecule has 3 amide bonds. The van der Waals surface area contributed by atoms with E-state index < -0.39 is 17.7 Å². The lowest BCUT2D eigenvalue weighted by Gasteiger charge is -2.16. The Kier molecular flexibility index (Phi) is 7.25. The van der Waals surface area contributed by atoms with Crippen molar-refractivity contribution >= 4 is 46.5 Å². The zero-order valence-corrected chi connectivity index (χ0v) is 22.3. The molecule has 0 aliphatic carbocycles. The van der Waals surface area contributed by atoms with Crippen LogP contribution in [0.4, 0.5) is 17.1 Å². The van der Waals surface area contributed by atoms with Crippen LogP contribution in [0.15, 0.2) is 105 Å². The van der Waals surface area contributed by atoms with Gasteiger partial charge in [-0.3, -0.25) is 14.4 Å².